The molecule has 2 rings (SSSR count). The summed E-state index contributed by atoms with van der Waals surface area (Å²) in [5.41, 5.74) is 0.432. The van der Waals surface area contributed by atoms with E-state index in [1.165, 1.54) is 0 Å². The highest BCUT2D eigenvalue weighted by Crippen LogP contribution is 2.25. The minimum Gasteiger partial charge on any atom is -0.496 e. The van der Waals surface area contributed by atoms with Crippen molar-refractivity contribution in [1.82, 2.24) is 4.98 Å². The number of fused-ring (bicyclic) bond motifs is 1. The van der Waals surface area contributed by atoms with Crippen LogP contribution >= 0.6 is 0 Å². The number of rotatable bonds is 1. The lowest BCUT2D eigenvalue weighted by atomic mass is 10.1. The average Bonchev–Trinajstić information content (AvgIpc) is 2.27. The molecule has 14 heavy (non-hydrogen) atoms. The second-order valence-electron chi connectivity index (χ2n) is 2.83. The van der Waals surface area contributed by atoms with Gasteiger partial charge in [0, 0.05) is 17.0 Å². The van der Waals surface area contributed by atoms with Crippen LogP contribution in [0.1, 0.15) is 5.69 Å². The molecule has 0 aliphatic heterocycles. The van der Waals surface area contributed by atoms with Crippen LogP contribution in [0.15, 0.2) is 30.5 Å². The second kappa shape index (κ2) is 3.35. The molecule has 1 aromatic carbocycles. The van der Waals surface area contributed by atoms with E-state index in [0.717, 1.165) is 16.5 Å². The van der Waals surface area contributed by atoms with E-state index in [9.17, 15) is 0 Å². The molecular weight excluding hydrogens is 176 g/mol. The Bertz CT molecular complexity index is 514. The summed E-state index contributed by atoms with van der Waals surface area (Å²) in [7, 11) is 1.61. The fourth-order valence-electron chi connectivity index (χ4n) is 1.45. The zero-order valence-corrected chi connectivity index (χ0v) is 7.69. The molecule has 1 heterocycles. The third-order valence-electron chi connectivity index (χ3n) is 2.09. The normalized spacial score (nSPS) is 9.71. The molecular formula is C11H8N2O. The molecule has 3 nitrogen and oxygen atoms in total. The number of nitrogens with zero attached hydrogens (tertiary/aromatic N) is 2. The largest absolute Gasteiger partial charge is 0.496 e. The molecule has 1 aromatic heterocycles. The summed E-state index contributed by atoms with van der Waals surface area (Å²) >= 11 is 0. The van der Waals surface area contributed by atoms with Gasteiger partial charge in [-0.3, -0.25) is 0 Å². The number of benzene rings is 1. The van der Waals surface area contributed by atoms with Crippen LogP contribution < -0.4 is 4.74 Å². The number of hydrogen-bond donors (Lipinski definition) is 0. The Hall–Kier alpha value is -2.08. The first-order valence-corrected chi connectivity index (χ1v) is 4.18. The summed E-state index contributed by atoms with van der Waals surface area (Å²) in [5.74, 6) is 0.765. The lowest BCUT2D eigenvalue weighted by molar-refractivity contribution is 0.420. The van der Waals surface area contributed by atoms with Crippen LogP contribution in [0.3, 0.4) is 0 Å². The maximum atomic E-state index is 8.85. The fourth-order valence-corrected chi connectivity index (χ4v) is 1.45. The second-order valence-corrected chi connectivity index (χ2v) is 2.83. The van der Waals surface area contributed by atoms with Crippen LogP contribution in [0, 0.1) is 11.3 Å². The zero-order chi connectivity index (χ0) is 9.97. The minimum absolute atomic E-state index is 0.432. The van der Waals surface area contributed by atoms with Crippen LogP contribution in [0.4, 0.5) is 0 Å². The zero-order valence-electron chi connectivity index (χ0n) is 7.69. The van der Waals surface area contributed by atoms with Crippen molar-refractivity contribution in [3.8, 4) is 11.8 Å². The summed E-state index contributed by atoms with van der Waals surface area (Å²) in [6.07, 6.45) is 1.61. The molecule has 0 amide bonds. The van der Waals surface area contributed by atoms with Crippen molar-refractivity contribution in [3.63, 3.8) is 0 Å². The lowest BCUT2D eigenvalue weighted by Crippen LogP contribution is -1.88. The van der Waals surface area contributed by atoms with E-state index < -0.39 is 0 Å². The van der Waals surface area contributed by atoms with E-state index in [4.69, 9.17) is 10.00 Å². The van der Waals surface area contributed by atoms with Gasteiger partial charge in [-0.25, -0.2) is 4.98 Å². The molecule has 68 valence electrons. The van der Waals surface area contributed by atoms with E-state index in [1.807, 2.05) is 24.3 Å². The molecule has 0 atom stereocenters. The molecule has 0 bridgehead atoms. The van der Waals surface area contributed by atoms with Crippen molar-refractivity contribution in [2.75, 3.05) is 7.11 Å². The van der Waals surface area contributed by atoms with Gasteiger partial charge in [0.05, 0.1) is 7.11 Å². The Morgan fingerprint density at radius 1 is 1.29 bits per heavy atom. The lowest BCUT2D eigenvalue weighted by Gasteiger charge is -2.04. The van der Waals surface area contributed by atoms with Crippen LogP contribution in [0.2, 0.25) is 0 Å². The van der Waals surface area contributed by atoms with Gasteiger partial charge in [-0.05, 0) is 12.1 Å². The van der Waals surface area contributed by atoms with E-state index in [1.54, 1.807) is 13.3 Å². The number of nitriles is 1. The predicted molar refractivity (Wildman–Crippen MR) is 53.0 cm³/mol. The van der Waals surface area contributed by atoms with Gasteiger partial charge in [-0.2, -0.15) is 5.26 Å². The quantitative estimate of drug-likeness (QED) is 0.681. The molecule has 2 aromatic rings. The van der Waals surface area contributed by atoms with Gasteiger partial charge in [0.25, 0.3) is 0 Å². The summed E-state index contributed by atoms with van der Waals surface area (Å²) in [6, 6.07) is 9.48. The van der Waals surface area contributed by atoms with E-state index in [-0.39, 0.29) is 0 Å². The van der Waals surface area contributed by atoms with Crippen molar-refractivity contribution in [1.29, 1.82) is 5.26 Å². The molecule has 0 spiro atoms. The predicted octanol–water partition coefficient (Wildman–Crippen LogP) is 2.12. The molecule has 3 heteroatoms. The molecule has 0 fully saturated rings. The first-order chi connectivity index (χ1) is 6.86. The Morgan fingerprint density at radius 2 is 2.14 bits per heavy atom. The highest BCUT2D eigenvalue weighted by molar-refractivity contribution is 5.91. The molecule has 0 radical (unpaired) electrons. The number of aromatic nitrogens is 1. The molecule has 0 aliphatic carbocycles. The molecule has 0 saturated heterocycles. The van der Waals surface area contributed by atoms with Gasteiger partial charge in [0.2, 0.25) is 0 Å². The van der Waals surface area contributed by atoms with E-state index in [2.05, 4.69) is 11.1 Å². The highest BCUT2D eigenvalue weighted by Gasteiger charge is 2.04. The third-order valence-corrected chi connectivity index (χ3v) is 2.09. The Kier molecular flexibility index (Phi) is 2.04. The van der Waals surface area contributed by atoms with E-state index >= 15 is 0 Å². The summed E-state index contributed by atoms with van der Waals surface area (Å²) in [5, 5.41) is 10.6. The number of hydrogen-bond acceptors (Lipinski definition) is 3. The number of ether oxygens (including phenoxy) is 1. The summed E-state index contributed by atoms with van der Waals surface area (Å²) < 4.78 is 5.19. The fraction of sp³-hybridized carbons (Fsp3) is 0.0909. The monoisotopic (exact) mass is 184 g/mol. The van der Waals surface area contributed by atoms with Crippen LogP contribution in [-0.4, -0.2) is 12.1 Å². The van der Waals surface area contributed by atoms with Gasteiger partial charge in [-0.15, -0.1) is 0 Å². The van der Waals surface area contributed by atoms with E-state index in [0.29, 0.717) is 5.69 Å². The Morgan fingerprint density at radius 3 is 2.86 bits per heavy atom. The summed E-state index contributed by atoms with van der Waals surface area (Å²) in [6.45, 7) is 0. The van der Waals surface area contributed by atoms with Crippen molar-refractivity contribution in [2.45, 2.75) is 0 Å². The van der Waals surface area contributed by atoms with Crippen LogP contribution in [0.5, 0.6) is 5.75 Å². The Balaban J connectivity index is 2.86. The standard InChI is InChI=1S/C11H8N2O/c1-14-11-4-2-3-8-9(11)5-6-13-10(8)7-12/h2-6H,1H3. The summed E-state index contributed by atoms with van der Waals surface area (Å²) in [4.78, 5) is 3.98. The van der Waals surface area contributed by atoms with Crippen molar-refractivity contribution >= 4 is 10.8 Å². The Labute approximate surface area is 81.6 Å². The first-order valence-electron chi connectivity index (χ1n) is 4.18. The van der Waals surface area contributed by atoms with Gasteiger partial charge >= 0.3 is 0 Å². The molecule has 0 unspecified atom stereocenters. The van der Waals surface area contributed by atoms with Crippen LogP contribution in [0.25, 0.3) is 10.8 Å². The van der Waals surface area contributed by atoms with Crippen molar-refractivity contribution in [3.05, 3.63) is 36.2 Å². The van der Waals surface area contributed by atoms with Gasteiger partial charge in [0.15, 0.2) is 0 Å². The first kappa shape index (κ1) is 8.52. The molecule has 0 aliphatic rings. The minimum atomic E-state index is 0.432. The maximum Gasteiger partial charge on any atom is 0.148 e. The van der Waals surface area contributed by atoms with Crippen LogP contribution in [-0.2, 0) is 0 Å². The third kappa shape index (κ3) is 1.17. The molecule has 0 N–H and O–H groups in total. The highest BCUT2D eigenvalue weighted by atomic mass is 16.5. The van der Waals surface area contributed by atoms with Gasteiger partial charge in [-0.1, -0.05) is 12.1 Å². The average molecular weight is 184 g/mol. The van der Waals surface area contributed by atoms with Gasteiger partial charge in [0.1, 0.15) is 17.5 Å². The number of pyridine rings is 1. The smallest absolute Gasteiger partial charge is 0.148 e. The molecule has 0 saturated carbocycles. The van der Waals surface area contributed by atoms with Crippen molar-refractivity contribution in [2.24, 2.45) is 0 Å². The van der Waals surface area contributed by atoms with Crippen molar-refractivity contribution < 1.29 is 4.74 Å². The topological polar surface area (TPSA) is 45.9 Å². The number of methoxy groups -OCH3 is 1. The maximum absolute atomic E-state index is 8.85. The van der Waals surface area contributed by atoms with Gasteiger partial charge < -0.3 is 4.74 Å². The SMILES string of the molecule is COc1cccc2c(C#N)nccc12.